The van der Waals surface area contributed by atoms with Crippen molar-refractivity contribution in [3.63, 3.8) is 0 Å². The number of nitrogen functional groups attached to an aromatic ring is 1. The predicted molar refractivity (Wildman–Crippen MR) is 83.1 cm³/mol. The summed E-state index contributed by atoms with van der Waals surface area (Å²) < 4.78 is 33.1. The second kappa shape index (κ2) is 8.62. The van der Waals surface area contributed by atoms with Gasteiger partial charge in [0.05, 0.1) is 6.04 Å². The summed E-state index contributed by atoms with van der Waals surface area (Å²) in [6.07, 6.45) is 0. The number of nitrogens with two attached hydrogens (primary N) is 1. The molecule has 15 heteroatoms. The minimum absolute atomic E-state index is 0. The SMILES string of the molecule is CON=C(C(=O)NC1C(=O)N(S(=O)(=O)[O-])C1CCl)c1csc(N)n1.[Na+]. The molecule has 0 saturated carbocycles. The Kier molecular flexibility index (Phi) is 7.61. The summed E-state index contributed by atoms with van der Waals surface area (Å²) in [5, 5.41) is 7.41. The van der Waals surface area contributed by atoms with E-state index in [0.717, 1.165) is 11.3 Å². The van der Waals surface area contributed by atoms with Crippen molar-refractivity contribution in [1.29, 1.82) is 0 Å². The number of nitrogens with one attached hydrogen (secondary N) is 1. The number of amides is 2. The Morgan fingerprint density at radius 3 is 2.72 bits per heavy atom. The van der Waals surface area contributed by atoms with Gasteiger partial charge in [0.1, 0.15) is 18.8 Å². The van der Waals surface area contributed by atoms with Gasteiger partial charge >= 0.3 is 29.6 Å². The molecule has 0 aromatic carbocycles. The molecule has 3 N–H and O–H groups in total. The van der Waals surface area contributed by atoms with Gasteiger partial charge in [0, 0.05) is 11.3 Å². The summed E-state index contributed by atoms with van der Waals surface area (Å²) in [5.74, 6) is -2.31. The Hall–Kier alpha value is -0.960. The van der Waals surface area contributed by atoms with Crippen LogP contribution in [0.2, 0.25) is 0 Å². The zero-order valence-electron chi connectivity index (χ0n) is 13.0. The number of alkyl halides is 1. The number of aromatic nitrogens is 1. The van der Waals surface area contributed by atoms with Gasteiger partial charge in [-0.1, -0.05) is 5.16 Å². The Bertz CT molecular complexity index is 799. The molecular formula is C10H11ClN5NaO6S2. The number of nitrogens with zero attached hydrogens (tertiary/aromatic N) is 3. The molecule has 2 amide bonds. The van der Waals surface area contributed by atoms with Crippen LogP contribution in [0.3, 0.4) is 0 Å². The molecule has 132 valence electrons. The van der Waals surface area contributed by atoms with Crippen LogP contribution in [-0.2, 0) is 24.7 Å². The van der Waals surface area contributed by atoms with E-state index in [-0.39, 0.29) is 56.3 Å². The van der Waals surface area contributed by atoms with Crippen LogP contribution in [0.15, 0.2) is 10.5 Å². The van der Waals surface area contributed by atoms with E-state index in [4.69, 9.17) is 17.3 Å². The van der Waals surface area contributed by atoms with Crippen LogP contribution in [-0.4, -0.2) is 64.9 Å². The van der Waals surface area contributed by atoms with Gasteiger partial charge in [-0.2, -0.15) is 0 Å². The van der Waals surface area contributed by atoms with E-state index >= 15 is 0 Å². The van der Waals surface area contributed by atoms with E-state index in [1.807, 2.05) is 0 Å². The van der Waals surface area contributed by atoms with Crippen molar-refractivity contribution in [1.82, 2.24) is 14.6 Å². The number of oxime groups is 1. The van der Waals surface area contributed by atoms with Crippen LogP contribution in [0.5, 0.6) is 0 Å². The van der Waals surface area contributed by atoms with E-state index in [1.54, 1.807) is 0 Å². The van der Waals surface area contributed by atoms with Gasteiger partial charge in [0.25, 0.3) is 11.8 Å². The first-order valence-corrected chi connectivity index (χ1v) is 8.97. The third kappa shape index (κ3) is 4.61. The van der Waals surface area contributed by atoms with Crippen LogP contribution in [0.1, 0.15) is 5.69 Å². The summed E-state index contributed by atoms with van der Waals surface area (Å²) in [6.45, 7) is 0. The van der Waals surface area contributed by atoms with Gasteiger partial charge in [-0.05, 0) is 0 Å². The Morgan fingerprint density at radius 1 is 1.64 bits per heavy atom. The maximum Gasteiger partial charge on any atom is 1.00 e. The van der Waals surface area contributed by atoms with Crippen molar-refractivity contribution in [3.05, 3.63) is 11.1 Å². The molecule has 0 radical (unpaired) electrons. The zero-order chi connectivity index (χ0) is 18.1. The fourth-order valence-corrected chi connectivity index (χ4v) is 3.81. The summed E-state index contributed by atoms with van der Waals surface area (Å²) in [7, 11) is -3.81. The van der Waals surface area contributed by atoms with Crippen molar-refractivity contribution in [2.24, 2.45) is 5.16 Å². The molecule has 1 saturated heterocycles. The average Bonchev–Trinajstić information content (AvgIpc) is 2.91. The van der Waals surface area contributed by atoms with E-state index < -0.39 is 34.2 Å². The number of anilines is 1. The second-order valence-corrected chi connectivity index (χ2v) is 6.91. The van der Waals surface area contributed by atoms with Gasteiger partial charge in [0.2, 0.25) is 0 Å². The van der Waals surface area contributed by atoms with Crippen LogP contribution >= 0.6 is 22.9 Å². The van der Waals surface area contributed by atoms with Gasteiger partial charge in [-0.15, -0.1) is 22.9 Å². The van der Waals surface area contributed by atoms with Crippen LogP contribution < -0.4 is 40.6 Å². The monoisotopic (exact) mass is 419 g/mol. The van der Waals surface area contributed by atoms with E-state index in [0.29, 0.717) is 0 Å². The maximum atomic E-state index is 12.3. The molecule has 0 spiro atoms. The molecule has 1 aromatic heterocycles. The molecule has 1 aliphatic heterocycles. The van der Waals surface area contributed by atoms with Gasteiger partial charge in [0.15, 0.2) is 21.1 Å². The summed E-state index contributed by atoms with van der Waals surface area (Å²) in [4.78, 5) is 32.5. The minimum Gasteiger partial charge on any atom is -0.731 e. The molecule has 0 aliphatic carbocycles. The summed E-state index contributed by atoms with van der Waals surface area (Å²) in [6, 6.07) is -2.47. The van der Waals surface area contributed by atoms with Crippen LogP contribution in [0.4, 0.5) is 5.13 Å². The molecule has 2 heterocycles. The van der Waals surface area contributed by atoms with Crippen molar-refractivity contribution < 1.29 is 57.0 Å². The fraction of sp³-hybridized carbons (Fsp3) is 0.400. The number of β-lactam (4-membered cyclic amide) rings is 1. The number of thiazole rings is 1. The topological polar surface area (TPSA) is 167 Å². The Morgan fingerprint density at radius 2 is 2.28 bits per heavy atom. The molecule has 1 aromatic rings. The maximum absolute atomic E-state index is 12.3. The molecule has 2 atom stereocenters. The van der Waals surface area contributed by atoms with Crippen molar-refractivity contribution >= 4 is 55.9 Å². The average molecular weight is 420 g/mol. The van der Waals surface area contributed by atoms with Gasteiger partial charge in [-0.3, -0.25) is 9.59 Å². The zero-order valence-corrected chi connectivity index (χ0v) is 17.4. The van der Waals surface area contributed by atoms with Crippen LogP contribution in [0.25, 0.3) is 0 Å². The van der Waals surface area contributed by atoms with Crippen LogP contribution in [0, 0.1) is 0 Å². The van der Waals surface area contributed by atoms with Crippen molar-refractivity contribution in [3.8, 4) is 0 Å². The molecule has 0 bridgehead atoms. The van der Waals surface area contributed by atoms with E-state index in [2.05, 4.69) is 20.3 Å². The normalized spacial score (nSPS) is 20.5. The number of rotatable bonds is 6. The third-order valence-corrected chi connectivity index (χ3v) is 4.94. The van der Waals surface area contributed by atoms with Crippen molar-refractivity contribution in [2.45, 2.75) is 12.1 Å². The van der Waals surface area contributed by atoms with Crippen molar-refractivity contribution in [2.75, 3.05) is 18.7 Å². The molecule has 25 heavy (non-hydrogen) atoms. The molecular weight excluding hydrogens is 409 g/mol. The minimum atomic E-state index is -5.01. The summed E-state index contributed by atoms with van der Waals surface area (Å²) in [5.41, 5.74) is 5.33. The molecule has 2 unspecified atom stereocenters. The quantitative estimate of drug-likeness (QED) is 0.116. The molecule has 2 rings (SSSR count). The van der Waals surface area contributed by atoms with E-state index in [9.17, 15) is 22.6 Å². The number of carbonyl (C=O) groups excluding carboxylic acids is 2. The first-order valence-electron chi connectivity index (χ1n) is 6.19. The number of halogens is 1. The summed E-state index contributed by atoms with van der Waals surface area (Å²) >= 11 is 6.64. The molecule has 11 nitrogen and oxygen atoms in total. The largest absolute Gasteiger partial charge is 1.00 e. The predicted octanol–water partition coefficient (Wildman–Crippen LogP) is -4.53. The standard InChI is InChI=1S/C10H12ClN5O6S2.Na/c1-22-15-6(4-3-23-10(12)13-4)8(17)14-7-5(2-11)16(9(7)18)24(19,20)21;/h3,5,7H,2H2,1H3,(H2,12,13)(H,14,17)(H,19,20,21);/q;+1/p-1. The number of hydrogen-bond acceptors (Lipinski definition) is 10. The van der Waals surface area contributed by atoms with Gasteiger partial charge < -0.3 is 20.4 Å². The second-order valence-electron chi connectivity index (χ2n) is 4.46. The smallest absolute Gasteiger partial charge is 0.731 e. The molecule has 1 aliphatic rings. The third-order valence-electron chi connectivity index (χ3n) is 3.02. The number of hydrogen-bond donors (Lipinski definition) is 2. The Balaban J connectivity index is 0.00000312. The fourth-order valence-electron chi connectivity index (χ4n) is 2.01. The molecule has 1 fully saturated rings. The Labute approximate surface area is 173 Å². The first-order chi connectivity index (χ1) is 11.2. The van der Waals surface area contributed by atoms with Gasteiger partial charge in [-0.25, -0.2) is 17.7 Å². The first kappa shape index (κ1) is 22.1. The number of carbonyl (C=O) groups is 2. The van der Waals surface area contributed by atoms with E-state index in [1.165, 1.54) is 12.5 Å².